The maximum absolute atomic E-state index is 13.1. The van der Waals surface area contributed by atoms with Gasteiger partial charge >= 0.3 is 5.97 Å². The maximum Gasteiger partial charge on any atom is 0.304 e. The van der Waals surface area contributed by atoms with Gasteiger partial charge in [0.15, 0.2) is 0 Å². The number of carbonyl (C=O) groups is 1. The summed E-state index contributed by atoms with van der Waals surface area (Å²) < 4.78 is 39.8. The van der Waals surface area contributed by atoms with Crippen LogP contribution in [0.3, 0.4) is 0 Å². The molecular weight excluding hydrogens is 297 g/mol. The molecule has 1 fully saturated rings. The van der Waals surface area contributed by atoms with Crippen molar-refractivity contribution in [2.75, 3.05) is 6.54 Å². The molecule has 1 saturated heterocycles. The van der Waals surface area contributed by atoms with Gasteiger partial charge in [-0.15, -0.1) is 0 Å². The predicted octanol–water partition coefficient (Wildman–Crippen LogP) is 2.15. The average molecular weight is 315 g/mol. The van der Waals surface area contributed by atoms with Crippen molar-refractivity contribution in [3.63, 3.8) is 0 Å². The van der Waals surface area contributed by atoms with Crippen molar-refractivity contribution in [3.8, 4) is 0 Å². The van der Waals surface area contributed by atoms with Gasteiger partial charge in [0.2, 0.25) is 10.0 Å². The van der Waals surface area contributed by atoms with Crippen LogP contribution in [-0.4, -0.2) is 36.4 Å². The second kappa shape index (κ2) is 6.11. The van der Waals surface area contributed by atoms with Gasteiger partial charge in [0, 0.05) is 12.6 Å². The van der Waals surface area contributed by atoms with Crippen molar-refractivity contribution in [3.05, 3.63) is 29.6 Å². The quantitative estimate of drug-likeness (QED) is 0.924. The Morgan fingerprint density at radius 3 is 2.76 bits per heavy atom. The van der Waals surface area contributed by atoms with Crippen LogP contribution in [0.5, 0.6) is 0 Å². The number of carboxylic acid groups (broad SMARTS) is 1. The lowest BCUT2D eigenvalue weighted by atomic mass is 10.0. The lowest BCUT2D eigenvalue weighted by Gasteiger charge is -2.34. The topological polar surface area (TPSA) is 74.7 Å². The number of nitrogens with zero attached hydrogens (tertiary/aromatic N) is 1. The molecule has 1 aliphatic rings. The smallest absolute Gasteiger partial charge is 0.304 e. The number of piperidine rings is 1. The molecule has 1 aliphatic heterocycles. The molecule has 1 atom stereocenters. The Kier molecular flexibility index (Phi) is 4.63. The molecule has 0 amide bonds. The van der Waals surface area contributed by atoms with Crippen LogP contribution in [0.4, 0.5) is 4.39 Å². The van der Waals surface area contributed by atoms with Gasteiger partial charge in [-0.2, -0.15) is 4.31 Å². The van der Waals surface area contributed by atoms with Gasteiger partial charge in [0.1, 0.15) is 5.82 Å². The van der Waals surface area contributed by atoms with E-state index in [1.807, 2.05) is 0 Å². The number of aliphatic carboxylic acids is 1. The number of benzene rings is 1. The van der Waals surface area contributed by atoms with Crippen molar-refractivity contribution in [2.45, 2.75) is 43.5 Å². The minimum absolute atomic E-state index is 0.0428. The Labute approximate surface area is 123 Å². The molecule has 116 valence electrons. The first-order chi connectivity index (χ1) is 9.82. The van der Waals surface area contributed by atoms with Crippen LogP contribution in [0.1, 0.15) is 31.2 Å². The Morgan fingerprint density at radius 1 is 1.43 bits per heavy atom. The van der Waals surface area contributed by atoms with Crippen molar-refractivity contribution >= 4 is 16.0 Å². The lowest BCUT2D eigenvalue weighted by Crippen LogP contribution is -2.44. The standard InChI is InChI=1S/C14H18FNO4S/c1-10-8-11(15)5-6-13(10)21(19,20)16-7-3-2-4-12(16)9-14(17)18/h5-6,8,12H,2-4,7,9H2,1H3,(H,17,18). The van der Waals surface area contributed by atoms with Crippen molar-refractivity contribution in [2.24, 2.45) is 0 Å². The van der Waals surface area contributed by atoms with E-state index in [2.05, 4.69) is 0 Å². The first kappa shape index (κ1) is 15.9. The third-order valence-corrected chi connectivity index (χ3v) is 5.82. The van der Waals surface area contributed by atoms with Crippen molar-refractivity contribution < 1.29 is 22.7 Å². The highest BCUT2D eigenvalue weighted by molar-refractivity contribution is 7.89. The average Bonchev–Trinajstić information content (AvgIpc) is 2.37. The Morgan fingerprint density at radius 2 is 2.14 bits per heavy atom. The van der Waals surface area contributed by atoms with E-state index in [1.54, 1.807) is 0 Å². The molecule has 21 heavy (non-hydrogen) atoms. The predicted molar refractivity (Wildman–Crippen MR) is 74.9 cm³/mol. The maximum atomic E-state index is 13.1. The fraction of sp³-hybridized carbons (Fsp3) is 0.500. The van der Waals surface area contributed by atoms with Crippen LogP contribution >= 0.6 is 0 Å². The third-order valence-electron chi connectivity index (χ3n) is 3.71. The van der Waals surface area contributed by atoms with E-state index < -0.39 is 27.9 Å². The SMILES string of the molecule is Cc1cc(F)ccc1S(=O)(=O)N1CCCCC1CC(=O)O. The first-order valence-corrected chi connectivity index (χ1v) is 8.26. The summed E-state index contributed by atoms with van der Waals surface area (Å²) in [5.74, 6) is -1.51. The highest BCUT2D eigenvalue weighted by Crippen LogP contribution is 2.28. The van der Waals surface area contributed by atoms with Crippen LogP contribution < -0.4 is 0 Å². The van der Waals surface area contributed by atoms with Gasteiger partial charge in [-0.3, -0.25) is 4.79 Å². The molecular formula is C14H18FNO4S. The summed E-state index contributed by atoms with van der Waals surface area (Å²) in [6, 6.07) is 2.98. The summed E-state index contributed by atoms with van der Waals surface area (Å²) in [6.07, 6.45) is 1.84. The van der Waals surface area contributed by atoms with Crippen LogP contribution in [0.15, 0.2) is 23.1 Å². The molecule has 0 aromatic heterocycles. The van der Waals surface area contributed by atoms with Gasteiger partial charge < -0.3 is 5.11 Å². The Hall–Kier alpha value is -1.47. The molecule has 2 rings (SSSR count). The first-order valence-electron chi connectivity index (χ1n) is 6.82. The zero-order valence-electron chi connectivity index (χ0n) is 11.8. The number of halogens is 1. The van der Waals surface area contributed by atoms with E-state index in [4.69, 9.17) is 5.11 Å². The van der Waals surface area contributed by atoms with Gasteiger partial charge in [0.05, 0.1) is 11.3 Å². The van der Waals surface area contributed by atoms with E-state index in [0.29, 0.717) is 24.9 Å². The zero-order chi connectivity index (χ0) is 15.6. The second-order valence-electron chi connectivity index (χ2n) is 5.27. The molecule has 5 nitrogen and oxygen atoms in total. The fourth-order valence-corrected chi connectivity index (χ4v) is 4.62. The molecule has 7 heteroatoms. The van der Waals surface area contributed by atoms with E-state index in [0.717, 1.165) is 12.5 Å². The second-order valence-corrected chi connectivity index (χ2v) is 7.13. The van der Waals surface area contributed by atoms with E-state index >= 15 is 0 Å². The van der Waals surface area contributed by atoms with Crippen LogP contribution in [0.2, 0.25) is 0 Å². The van der Waals surface area contributed by atoms with Gasteiger partial charge in [-0.1, -0.05) is 6.42 Å². The normalized spacial score (nSPS) is 20.4. The summed E-state index contributed by atoms with van der Waals surface area (Å²) >= 11 is 0. The number of aryl methyl sites for hydroxylation is 1. The highest BCUT2D eigenvalue weighted by Gasteiger charge is 2.35. The summed E-state index contributed by atoms with van der Waals surface area (Å²) in [5, 5.41) is 8.94. The molecule has 1 aromatic carbocycles. The minimum atomic E-state index is -3.80. The molecule has 0 bridgehead atoms. The van der Waals surface area contributed by atoms with Crippen molar-refractivity contribution in [1.82, 2.24) is 4.31 Å². The van der Waals surface area contributed by atoms with Crippen LogP contribution in [0, 0.1) is 12.7 Å². The minimum Gasteiger partial charge on any atom is -0.481 e. The number of sulfonamides is 1. The van der Waals surface area contributed by atoms with E-state index in [9.17, 15) is 17.6 Å². The fourth-order valence-electron chi connectivity index (χ4n) is 2.72. The Balaban J connectivity index is 2.38. The van der Waals surface area contributed by atoms with E-state index in [-0.39, 0.29) is 11.3 Å². The van der Waals surface area contributed by atoms with Crippen molar-refractivity contribution in [1.29, 1.82) is 0 Å². The molecule has 1 N–H and O–H groups in total. The summed E-state index contributed by atoms with van der Waals surface area (Å²) in [5.41, 5.74) is 0.328. The van der Waals surface area contributed by atoms with Gasteiger partial charge in [-0.25, -0.2) is 12.8 Å². The zero-order valence-corrected chi connectivity index (χ0v) is 12.6. The van der Waals surface area contributed by atoms with Crippen LogP contribution in [-0.2, 0) is 14.8 Å². The number of carboxylic acids is 1. The molecule has 0 saturated carbocycles. The molecule has 1 heterocycles. The molecule has 1 aromatic rings. The van der Waals surface area contributed by atoms with Gasteiger partial charge in [0.25, 0.3) is 0 Å². The molecule has 0 radical (unpaired) electrons. The van der Waals surface area contributed by atoms with Crippen LogP contribution in [0.25, 0.3) is 0 Å². The third kappa shape index (κ3) is 3.41. The highest BCUT2D eigenvalue weighted by atomic mass is 32.2. The summed E-state index contributed by atoms with van der Waals surface area (Å²) in [6.45, 7) is 1.84. The number of hydrogen-bond donors (Lipinski definition) is 1. The largest absolute Gasteiger partial charge is 0.481 e. The lowest BCUT2D eigenvalue weighted by molar-refractivity contribution is -0.138. The Bertz CT molecular complexity index is 644. The van der Waals surface area contributed by atoms with E-state index in [1.165, 1.54) is 23.4 Å². The monoisotopic (exact) mass is 315 g/mol. The van der Waals surface area contributed by atoms with Gasteiger partial charge in [-0.05, 0) is 43.5 Å². The number of hydrogen-bond acceptors (Lipinski definition) is 3. The molecule has 0 spiro atoms. The summed E-state index contributed by atoms with van der Waals surface area (Å²) in [7, 11) is -3.80. The summed E-state index contributed by atoms with van der Waals surface area (Å²) in [4.78, 5) is 11.0. The number of rotatable bonds is 4. The molecule has 0 aliphatic carbocycles. The molecule has 1 unspecified atom stereocenters.